The van der Waals surface area contributed by atoms with Crippen molar-refractivity contribution in [2.75, 3.05) is 5.32 Å². The van der Waals surface area contributed by atoms with Crippen molar-refractivity contribution in [2.45, 2.75) is 26.4 Å². The number of carboxylic acid groups (broad SMARTS) is 1. The fourth-order valence-electron chi connectivity index (χ4n) is 2.13. The van der Waals surface area contributed by atoms with Crippen molar-refractivity contribution in [3.05, 3.63) is 58.6 Å². The van der Waals surface area contributed by atoms with E-state index in [1.165, 1.54) is 18.2 Å². The molecule has 0 saturated heterocycles. The van der Waals surface area contributed by atoms with Crippen LogP contribution < -0.4 is 15.4 Å². The number of carbonyl (C=O) groups excluding carboxylic acids is 1. The minimum atomic E-state index is -1.16. The van der Waals surface area contributed by atoms with E-state index in [0.29, 0.717) is 11.3 Å². The SMILES string of the molecule is CCC(C)Oc1ccc(C(=O)NC(=S)Nc2ccc(Cl)cc2C(=O)O)cc1. The van der Waals surface area contributed by atoms with E-state index in [9.17, 15) is 14.7 Å². The third kappa shape index (κ3) is 5.94. The number of nitrogens with one attached hydrogen (secondary N) is 2. The van der Waals surface area contributed by atoms with Crippen LogP contribution in [-0.4, -0.2) is 28.2 Å². The van der Waals surface area contributed by atoms with E-state index in [1.807, 2.05) is 13.8 Å². The van der Waals surface area contributed by atoms with Gasteiger partial charge in [-0.05, 0) is 68.0 Å². The molecular weight excluding hydrogens is 388 g/mol. The second-order valence-corrected chi connectivity index (χ2v) is 6.61. The van der Waals surface area contributed by atoms with Crippen LogP contribution in [-0.2, 0) is 0 Å². The highest BCUT2D eigenvalue weighted by atomic mass is 35.5. The molecule has 1 unspecified atom stereocenters. The molecule has 3 N–H and O–H groups in total. The van der Waals surface area contributed by atoms with Crippen LogP contribution in [0, 0.1) is 0 Å². The van der Waals surface area contributed by atoms with Crippen LogP contribution in [0.4, 0.5) is 5.69 Å². The van der Waals surface area contributed by atoms with E-state index in [4.69, 9.17) is 28.6 Å². The number of carbonyl (C=O) groups is 2. The van der Waals surface area contributed by atoms with Gasteiger partial charge in [-0.2, -0.15) is 0 Å². The Morgan fingerprint density at radius 3 is 2.48 bits per heavy atom. The quantitative estimate of drug-likeness (QED) is 0.618. The first-order chi connectivity index (χ1) is 12.8. The molecular formula is C19H19ClN2O4S. The third-order valence-corrected chi connectivity index (χ3v) is 4.16. The molecule has 0 fully saturated rings. The maximum atomic E-state index is 12.3. The van der Waals surface area contributed by atoms with Gasteiger partial charge in [-0.1, -0.05) is 18.5 Å². The average Bonchev–Trinajstić information content (AvgIpc) is 2.63. The number of thiocarbonyl (C=S) groups is 1. The molecule has 1 atom stereocenters. The highest BCUT2D eigenvalue weighted by molar-refractivity contribution is 7.80. The van der Waals surface area contributed by atoms with Crippen molar-refractivity contribution < 1.29 is 19.4 Å². The number of hydrogen-bond acceptors (Lipinski definition) is 4. The molecule has 0 saturated carbocycles. The number of carboxylic acids is 1. The molecule has 8 heteroatoms. The molecule has 0 radical (unpaired) electrons. The average molecular weight is 407 g/mol. The van der Waals surface area contributed by atoms with Crippen molar-refractivity contribution in [1.29, 1.82) is 0 Å². The summed E-state index contributed by atoms with van der Waals surface area (Å²) in [5.74, 6) is -0.909. The Hall–Kier alpha value is -2.64. The first kappa shape index (κ1) is 20.7. The second-order valence-electron chi connectivity index (χ2n) is 5.76. The minimum Gasteiger partial charge on any atom is -0.491 e. The molecule has 6 nitrogen and oxygen atoms in total. The number of rotatable bonds is 6. The summed E-state index contributed by atoms with van der Waals surface area (Å²) < 4.78 is 5.67. The fraction of sp³-hybridized carbons (Fsp3) is 0.211. The summed E-state index contributed by atoms with van der Waals surface area (Å²) in [6.07, 6.45) is 0.967. The number of halogens is 1. The monoisotopic (exact) mass is 406 g/mol. The van der Waals surface area contributed by atoms with Crippen molar-refractivity contribution in [1.82, 2.24) is 5.32 Å². The Morgan fingerprint density at radius 2 is 1.89 bits per heavy atom. The van der Waals surface area contributed by atoms with E-state index in [0.717, 1.165) is 6.42 Å². The summed E-state index contributed by atoms with van der Waals surface area (Å²) >= 11 is 10.9. The standard InChI is InChI=1S/C19H19ClN2O4S/c1-3-11(2)26-14-7-4-12(5-8-14)17(23)22-19(27)21-16-9-6-13(20)10-15(16)18(24)25/h4-11H,3H2,1-2H3,(H,24,25)(H2,21,22,23,27). The predicted octanol–water partition coefficient (Wildman–Crippen LogP) is 4.34. The van der Waals surface area contributed by atoms with Crippen LogP contribution >= 0.6 is 23.8 Å². The number of benzene rings is 2. The largest absolute Gasteiger partial charge is 0.491 e. The lowest BCUT2D eigenvalue weighted by Gasteiger charge is -2.13. The molecule has 0 aliphatic heterocycles. The van der Waals surface area contributed by atoms with Crippen LogP contribution in [0.25, 0.3) is 0 Å². The lowest BCUT2D eigenvalue weighted by Crippen LogP contribution is -2.34. The van der Waals surface area contributed by atoms with Gasteiger partial charge >= 0.3 is 5.97 Å². The number of aromatic carboxylic acids is 1. The highest BCUT2D eigenvalue weighted by Gasteiger charge is 2.14. The van der Waals surface area contributed by atoms with Gasteiger partial charge in [0.1, 0.15) is 5.75 Å². The lowest BCUT2D eigenvalue weighted by molar-refractivity contribution is 0.0697. The number of anilines is 1. The topological polar surface area (TPSA) is 87.7 Å². The normalized spacial score (nSPS) is 11.4. The smallest absolute Gasteiger partial charge is 0.337 e. The minimum absolute atomic E-state index is 0.0234. The zero-order valence-electron chi connectivity index (χ0n) is 14.8. The Labute approximate surface area is 167 Å². The van der Waals surface area contributed by atoms with Gasteiger partial charge in [-0.15, -0.1) is 0 Å². The Balaban J connectivity index is 2.02. The number of amides is 1. The summed E-state index contributed by atoms with van der Waals surface area (Å²) in [4.78, 5) is 23.6. The molecule has 142 valence electrons. The fourth-order valence-corrected chi connectivity index (χ4v) is 2.51. The third-order valence-electron chi connectivity index (χ3n) is 3.72. The van der Waals surface area contributed by atoms with Gasteiger partial charge in [-0.3, -0.25) is 10.1 Å². The van der Waals surface area contributed by atoms with E-state index >= 15 is 0 Å². The van der Waals surface area contributed by atoms with Gasteiger partial charge in [0.25, 0.3) is 5.91 Å². The highest BCUT2D eigenvalue weighted by Crippen LogP contribution is 2.21. The number of hydrogen-bond donors (Lipinski definition) is 3. The Kier molecular flexibility index (Phi) is 7.15. The first-order valence-electron chi connectivity index (χ1n) is 8.22. The maximum absolute atomic E-state index is 12.3. The van der Waals surface area contributed by atoms with Gasteiger partial charge in [0.15, 0.2) is 5.11 Å². The lowest BCUT2D eigenvalue weighted by atomic mass is 10.2. The van der Waals surface area contributed by atoms with Crippen molar-refractivity contribution >= 4 is 46.5 Å². The first-order valence-corrected chi connectivity index (χ1v) is 9.00. The molecule has 0 aliphatic rings. The molecule has 0 aliphatic carbocycles. The van der Waals surface area contributed by atoms with Crippen LogP contribution in [0.3, 0.4) is 0 Å². The van der Waals surface area contributed by atoms with Gasteiger partial charge in [-0.25, -0.2) is 4.79 Å². The molecule has 0 bridgehead atoms. The van der Waals surface area contributed by atoms with Gasteiger partial charge < -0.3 is 15.2 Å². The van der Waals surface area contributed by atoms with Crippen LogP contribution in [0.15, 0.2) is 42.5 Å². The second kappa shape index (κ2) is 9.34. The molecule has 2 aromatic rings. The molecule has 0 spiro atoms. The molecule has 0 aromatic heterocycles. The van der Waals surface area contributed by atoms with Crippen LogP contribution in [0.5, 0.6) is 5.75 Å². The zero-order valence-corrected chi connectivity index (χ0v) is 16.4. The van der Waals surface area contributed by atoms with Crippen LogP contribution in [0.2, 0.25) is 5.02 Å². The molecule has 2 rings (SSSR count). The van der Waals surface area contributed by atoms with Gasteiger partial charge in [0, 0.05) is 10.6 Å². The summed E-state index contributed by atoms with van der Waals surface area (Å²) in [5, 5.41) is 14.7. The molecule has 2 aromatic carbocycles. The van der Waals surface area contributed by atoms with Crippen molar-refractivity contribution in [3.8, 4) is 5.75 Å². The Morgan fingerprint density at radius 1 is 1.22 bits per heavy atom. The number of ether oxygens (including phenoxy) is 1. The van der Waals surface area contributed by atoms with Gasteiger partial charge in [0.2, 0.25) is 0 Å². The van der Waals surface area contributed by atoms with Crippen molar-refractivity contribution in [2.24, 2.45) is 0 Å². The van der Waals surface area contributed by atoms with E-state index in [1.54, 1.807) is 24.3 Å². The summed E-state index contributed by atoms with van der Waals surface area (Å²) in [6, 6.07) is 11.0. The van der Waals surface area contributed by atoms with E-state index < -0.39 is 11.9 Å². The zero-order chi connectivity index (χ0) is 20.0. The Bertz CT molecular complexity index is 855. The van der Waals surface area contributed by atoms with Crippen LogP contribution in [0.1, 0.15) is 41.0 Å². The predicted molar refractivity (Wildman–Crippen MR) is 109 cm³/mol. The van der Waals surface area contributed by atoms with Gasteiger partial charge in [0.05, 0.1) is 17.4 Å². The van der Waals surface area contributed by atoms with Crippen molar-refractivity contribution in [3.63, 3.8) is 0 Å². The molecule has 27 heavy (non-hydrogen) atoms. The van der Waals surface area contributed by atoms with E-state index in [2.05, 4.69) is 10.6 Å². The molecule has 0 heterocycles. The summed E-state index contributed by atoms with van der Waals surface area (Å²) in [6.45, 7) is 3.99. The molecule has 1 amide bonds. The van der Waals surface area contributed by atoms with E-state index in [-0.39, 0.29) is 27.5 Å². The summed E-state index contributed by atoms with van der Waals surface area (Å²) in [7, 11) is 0. The maximum Gasteiger partial charge on any atom is 0.337 e. The summed E-state index contributed by atoms with van der Waals surface area (Å²) in [5.41, 5.74) is 0.574.